The van der Waals surface area contributed by atoms with E-state index in [1.54, 1.807) is 18.2 Å². The summed E-state index contributed by atoms with van der Waals surface area (Å²) in [5.74, 6) is 0.494. The maximum atomic E-state index is 8.59. The van der Waals surface area contributed by atoms with Crippen LogP contribution >= 0.6 is 11.6 Å². The Morgan fingerprint density at radius 2 is 2.25 bits per heavy atom. The first kappa shape index (κ1) is 12.6. The molecule has 0 fully saturated rings. The lowest BCUT2D eigenvalue weighted by Gasteiger charge is -2.08. The fourth-order valence-electron chi connectivity index (χ4n) is 1.08. The quantitative estimate of drug-likeness (QED) is 0.239. The van der Waals surface area contributed by atoms with Gasteiger partial charge in [-0.15, -0.1) is 0 Å². The summed E-state index contributed by atoms with van der Waals surface area (Å²) in [4.78, 5) is 0. The van der Waals surface area contributed by atoms with Crippen molar-refractivity contribution in [1.29, 1.82) is 0 Å². The number of halogens is 1. The van der Waals surface area contributed by atoms with Gasteiger partial charge < -0.3 is 20.8 Å². The molecule has 1 aromatic rings. The highest BCUT2D eigenvalue weighted by molar-refractivity contribution is 6.32. The molecule has 0 radical (unpaired) electrons. The van der Waals surface area contributed by atoms with Crippen molar-refractivity contribution in [2.45, 2.75) is 6.42 Å². The SMILES string of the molecule is NC(=NO)c1ccc(OCCCO)c(Cl)c1. The van der Waals surface area contributed by atoms with Gasteiger partial charge in [0.1, 0.15) is 5.75 Å². The number of aliphatic hydroxyl groups excluding tert-OH is 1. The topological polar surface area (TPSA) is 88.1 Å². The van der Waals surface area contributed by atoms with E-state index >= 15 is 0 Å². The molecule has 1 aromatic carbocycles. The molecule has 1 rings (SSSR count). The van der Waals surface area contributed by atoms with Crippen molar-refractivity contribution in [2.24, 2.45) is 10.9 Å². The molecule has 0 unspecified atom stereocenters. The molecule has 6 heteroatoms. The molecule has 0 saturated heterocycles. The predicted molar refractivity (Wildman–Crippen MR) is 61.2 cm³/mol. The molecule has 16 heavy (non-hydrogen) atoms. The Balaban J connectivity index is 2.75. The maximum Gasteiger partial charge on any atom is 0.170 e. The van der Waals surface area contributed by atoms with Gasteiger partial charge in [-0.1, -0.05) is 16.8 Å². The van der Waals surface area contributed by atoms with Crippen LogP contribution in [0.25, 0.3) is 0 Å². The minimum atomic E-state index is -0.0104. The van der Waals surface area contributed by atoms with Crippen LogP contribution in [0.15, 0.2) is 23.4 Å². The molecule has 88 valence electrons. The lowest BCUT2D eigenvalue weighted by molar-refractivity contribution is 0.233. The summed E-state index contributed by atoms with van der Waals surface area (Å²) < 4.78 is 5.31. The predicted octanol–water partition coefficient (Wildman–Crippen LogP) is 1.20. The highest BCUT2D eigenvalue weighted by Crippen LogP contribution is 2.25. The van der Waals surface area contributed by atoms with E-state index in [-0.39, 0.29) is 12.4 Å². The monoisotopic (exact) mass is 244 g/mol. The Hall–Kier alpha value is -1.46. The summed E-state index contributed by atoms with van der Waals surface area (Å²) >= 11 is 5.93. The van der Waals surface area contributed by atoms with Crippen LogP contribution in [0.2, 0.25) is 5.02 Å². The number of hydrogen-bond acceptors (Lipinski definition) is 4. The van der Waals surface area contributed by atoms with E-state index < -0.39 is 0 Å². The Morgan fingerprint density at radius 3 is 2.81 bits per heavy atom. The number of oxime groups is 1. The zero-order valence-electron chi connectivity index (χ0n) is 8.56. The number of nitrogens with zero attached hydrogens (tertiary/aromatic N) is 1. The Kier molecular flexibility index (Phi) is 4.88. The molecular formula is C10H13ClN2O3. The van der Waals surface area contributed by atoms with Gasteiger partial charge in [0.05, 0.1) is 11.6 Å². The minimum absolute atomic E-state index is 0.0104. The molecule has 0 saturated carbocycles. The molecule has 5 nitrogen and oxygen atoms in total. The van der Waals surface area contributed by atoms with Gasteiger partial charge in [0, 0.05) is 18.6 Å². The average molecular weight is 245 g/mol. The van der Waals surface area contributed by atoms with Crippen molar-refractivity contribution in [1.82, 2.24) is 0 Å². The van der Waals surface area contributed by atoms with E-state index in [4.69, 9.17) is 32.4 Å². The van der Waals surface area contributed by atoms with Crippen LogP contribution in [0.4, 0.5) is 0 Å². The molecule has 0 heterocycles. The van der Waals surface area contributed by atoms with Gasteiger partial charge in [-0.05, 0) is 18.2 Å². The third kappa shape index (κ3) is 3.29. The molecular weight excluding hydrogens is 232 g/mol. The number of hydrogen-bond donors (Lipinski definition) is 3. The zero-order valence-corrected chi connectivity index (χ0v) is 9.31. The van der Waals surface area contributed by atoms with Gasteiger partial charge in [-0.3, -0.25) is 0 Å². The van der Waals surface area contributed by atoms with Crippen molar-refractivity contribution in [3.05, 3.63) is 28.8 Å². The summed E-state index contributed by atoms with van der Waals surface area (Å²) in [7, 11) is 0. The van der Waals surface area contributed by atoms with E-state index in [1.807, 2.05) is 0 Å². The van der Waals surface area contributed by atoms with Crippen molar-refractivity contribution in [2.75, 3.05) is 13.2 Å². The van der Waals surface area contributed by atoms with Crippen LogP contribution in [0, 0.1) is 0 Å². The van der Waals surface area contributed by atoms with Crippen LogP contribution in [0.1, 0.15) is 12.0 Å². The van der Waals surface area contributed by atoms with E-state index in [0.717, 1.165) is 0 Å². The normalized spacial score (nSPS) is 11.5. The number of nitrogens with two attached hydrogens (primary N) is 1. The first-order chi connectivity index (χ1) is 7.69. The number of amidine groups is 1. The molecule has 0 spiro atoms. The molecule has 0 aliphatic rings. The highest BCUT2D eigenvalue weighted by Gasteiger charge is 2.05. The molecule has 0 amide bonds. The highest BCUT2D eigenvalue weighted by atomic mass is 35.5. The van der Waals surface area contributed by atoms with Gasteiger partial charge in [0.2, 0.25) is 0 Å². The Bertz CT molecular complexity index is 382. The largest absolute Gasteiger partial charge is 0.492 e. The summed E-state index contributed by atoms with van der Waals surface area (Å²) in [6, 6.07) is 4.81. The second kappa shape index (κ2) is 6.19. The zero-order chi connectivity index (χ0) is 12.0. The minimum Gasteiger partial charge on any atom is -0.492 e. The Labute approximate surface area is 98.1 Å². The first-order valence-electron chi connectivity index (χ1n) is 4.70. The van der Waals surface area contributed by atoms with E-state index in [2.05, 4.69) is 5.16 Å². The van der Waals surface area contributed by atoms with Crippen molar-refractivity contribution < 1.29 is 15.1 Å². The van der Waals surface area contributed by atoms with Crippen LogP contribution in [0.5, 0.6) is 5.75 Å². The number of aliphatic hydroxyl groups is 1. The third-order valence-corrected chi connectivity index (χ3v) is 2.19. The van der Waals surface area contributed by atoms with Gasteiger partial charge in [-0.2, -0.15) is 0 Å². The second-order valence-corrected chi connectivity index (χ2v) is 3.46. The number of benzene rings is 1. The summed E-state index contributed by atoms with van der Waals surface area (Å²) in [5, 5.41) is 20.3. The van der Waals surface area contributed by atoms with Gasteiger partial charge in [0.25, 0.3) is 0 Å². The molecule has 4 N–H and O–H groups in total. The standard InChI is InChI=1S/C10H13ClN2O3/c11-8-6-7(10(12)13-15)2-3-9(8)16-5-1-4-14/h2-3,6,14-15H,1,4-5H2,(H2,12,13). The lowest BCUT2D eigenvalue weighted by atomic mass is 10.2. The van der Waals surface area contributed by atoms with Crippen molar-refractivity contribution in [3.63, 3.8) is 0 Å². The number of rotatable bonds is 5. The first-order valence-corrected chi connectivity index (χ1v) is 5.08. The Morgan fingerprint density at radius 1 is 1.50 bits per heavy atom. The maximum absolute atomic E-state index is 8.59. The van der Waals surface area contributed by atoms with Gasteiger partial charge in [-0.25, -0.2) is 0 Å². The van der Waals surface area contributed by atoms with Crippen LogP contribution < -0.4 is 10.5 Å². The van der Waals surface area contributed by atoms with Crippen LogP contribution in [0.3, 0.4) is 0 Å². The van der Waals surface area contributed by atoms with Gasteiger partial charge >= 0.3 is 0 Å². The van der Waals surface area contributed by atoms with Gasteiger partial charge in [0.15, 0.2) is 5.84 Å². The van der Waals surface area contributed by atoms with E-state index in [0.29, 0.717) is 29.4 Å². The fraction of sp³-hybridized carbons (Fsp3) is 0.300. The van der Waals surface area contributed by atoms with Crippen molar-refractivity contribution in [3.8, 4) is 5.75 Å². The molecule has 0 bridgehead atoms. The smallest absolute Gasteiger partial charge is 0.170 e. The molecule has 0 aromatic heterocycles. The third-order valence-electron chi connectivity index (χ3n) is 1.90. The van der Waals surface area contributed by atoms with Crippen LogP contribution in [-0.4, -0.2) is 29.4 Å². The second-order valence-electron chi connectivity index (χ2n) is 3.06. The number of ether oxygens (including phenoxy) is 1. The van der Waals surface area contributed by atoms with E-state index in [9.17, 15) is 0 Å². The fourth-order valence-corrected chi connectivity index (χ4v) is 1.32. The molecule has 0 aliphatic heterocycles. The van der Waals surface area contributed by atoms with Crippen molar-refractivity contribution >= 4 is 17.4 Å². The summed E-state index contributed by atoms with van der Waals surface area (Å²) in [5.41, 5.74) is 5.92. The summed E-state index contributed by atoms with van der Waals surface area (Å²) in [6.07, 6.45) is 0.540. The molecule has 0 aliphatic carbocycles. The lowest BCUT2D eigenvalue weighted by Crippen LogP contribution is -2.13. The molecule has 0 atom stereocenters. The van der Waals surface area contributed by atoms with Crippen LogP contribution in [-0.2, 0) is 0 Å². The average Bonchev–Trinajstić information content (AvgIpc) is 2.30. The van der Waals surface area contributed by atoms with E-state index in [1.165, 1.54) is 0 Å². The summed E-state index contributed by atoms with van der Waals surface area (Å²) in [6.45, 7) is 0.457.